The van der Waals surface area contributed by atoms with Gasteiger partial charge in [0, 0.05) is 13.1 Å². The second-order valence-corrected chi connectivity index (χ2v) is 8.66. The van der Waals surface area contributed by atoms with Gasteiger partial charge in [-0.1, -0.05) is 18.0 Å². The highest BCUT2D eigenvalue weighted by molar-refractivity contribution is 7.89. The number of fused-ring (bicyclic) bond motifs is 1. The molecule has 1 saturated heterocycles. The average Bonchev–Trinajstić information content (AvgIpc) is 3.05. The molecule has 2 N–H and O–H groups in total. The van der Waals surface area contributed by atoms with Gasteiger partial charge in [0.25, 0.3) is 0 Å². The number of nitrogen functional groups attached to an aromatic ring is 1. The van der Waals surface area contributed by atoms with Crippen LogP contribution in [-0.4, -0.2) is 40.8 Å². The molecule has 0 bridgehead atoms. The Morgan fingerprint density at radius 2 is 1.58 bits per heavy atom. The number of hydrogen-bond donors (Lipinski definition) is 1. The summed E-state index contributed by atoms with van der Waals surface area (Å²) >= 11 is 6.01. The molecule has 4 rings (SSSR count). The van der Waals surface area contributed by atoms with E-state index < -0.39 is 10.0 Å². The molecule has 1 fully saturated rings. The van der Waals surface area contributed by atoms with Crippen LogP contribution in [0, 0.1) is 0 Å². The number of nitrogens with two attached hydrogens (primary N) is 1. The molecule has 1 aromatic heterocycles. The van der Waals surface area contributed by atoms with Gasteiger partial charge in [0.15, 0.2) is 0 Å². The van der Waals surface area contributed by atoms with E-state index in [1.807, 2.05) is 0 Å². The molecule has 136 valence electrons. The number of benzene rings is 2. The fourth-order valence-electron chi connectivity index (χ4n) is 3.08. The molecular weight excluding hydrogens is 374 g/mol. The van der Waals surface area contributed by atoms with Gasteiger partial charge in [-0.05, 0) is 49.2 Å². The summed E-state index contributed by atoms with van der Waals surface area (Å²) in [6.07, 6.45) is 2.90. The lowest BCUT2D eigenvalue weighted by Crippen LogP contribution is -2.35. The largest absolute Gasteiger partial charge is 0.397 e. The van der Waals surface area contributed by atoms with E-state index in [1.54, 1.807) is 40.7 Å². The third-order valence-corrected chi connectivity index (χ3v) is 6.76. The number of anilines is 1. The molecular formula is C17H18ClN5O2S. The second kappa shape index (κ2) is 6.53. The molecule has 3 aromatic rings. The van der Waals surface area contributed by atoms with Gasteiger partial charge in [0.05, 0.1) is 21.3 Å². The summed E-state index contributed by atoms with van der Waals surface area (Å²) < 4.78 is 27.0. The van der Waals surface area contributed by atoms with E-state index in [-0.39, 0.29) is 4.90 Å². The van der Waals surface area contributed by atoms with Crippen molar-refractivity contribution in [2.45, 2.75) is 24.2 Å². The summed E-state index contributed by atoms with van der Waals surface area (Å²) in [6.45, 7) is 1.16. The van der Waals surface area contributed by atoms with E-state index >= 15 is 0 Å². The fraction of sp³-hybridized carbons (Fsp3) is 0.294. The van der Waals surface area contributed by atoms with Crippen molar-refractivity contribution in [2.75, 3.05) is 18.8 Å². The van der Waals surface area contributed by atoms with E-state index in [0.717, 1.165) is 19.3 Å². The van der Waals surface area contributed by atoms with Crippen molar-refractivity contribution in [2.24, 2.45) is 0 Å². The Balaban J connectivity index is 1.65. The van der Waals surface area contributed by atoms with Crippen LogP contribution in [0.2, 0.25) is 5.02 Å². The van der Waals surface area contributed by atoms with Crippen LogP contribution in [0.25, 0.3) is 16.7 Å². The molecule has 0 amide bonds. The first kappa shape index (κ1) is 17.3. The van der Waals surface area contributed by atoms with Gasteiger partial charge in [0.2, 0.25) is 10.0 Å². The lowest BCUT2D eigenvalue weighted by molar-refractivity contribution is 0.346. The number of rotatable bonds is 3. The first-order valence-corrected chi connectivity index (χ1v) is 10.2. The van der Waals surface area contributed by atoms with Crippen LogP contribution in [0.4, 0.5) is 5.69 Å². The monoisotopic (exact) mass is 391 g/mol. The topological polar surface area (TPSA) is 94.1 Å². The smallest absolute Gasteiger partial charge is 0.243 e. The quantitative estimate of drug-likeness (QED) is 0.693. The van der Waals surface area contributed by atoms with E-state index in [1.165, 1.54) is 4.80 Å². The number of nitrogens with zero attached hydrogens (tertiary/aromatic N) is 4. The van der Waals surface area contributed by atoms with Gasteiger partial charge in [-0.25, -0.2) is 8.42 Å². The van der Waals surface area contributed by atoms with Gasteiger partial charge in [-0.15, -0.1) is 10.2 Å². The van der Waals surface area contributed by atoms with Crippen molar-refractivity contribution in [3.05, 3.63) is 41.4 Å². The van der Waals surface area contributed by atoms with Crippen molar-refractivity contribution < 1.29 is 8.42 Å². The normalized spacial score (nSPS) is 16.2. The van der Waals surface area contributed by atoms with Crippen LogP contribution < -0.4 is 5.73 Å². The zero-order chi connectivity index (χ0) is 18.3. The molecule has 0 radical (unpaired) electrons. The SMILES string of the molecule is Nc1cc2nn(-c3ccc(S(=O)(=O)N4CCCCC4)cc3)nc2cc1Cl. The molecule has 0 aliphatic carbocycles. The predicted molar refractivity (Wildman–Crippen MR) is 101 cm³/mol. The number of piperidine rings is 1. The first-order valence-electron chi connectivity index (χ1n) is 8.38. The minimum absolute atomic E-state index is 0.284. The Hall–Kier alpha value is -2.16. The first-order chi connectivity index (χ1) is 12.4. The predicted octanol–water partition coefficient (Wildman–Crippen LogP) is 2.83. The van der Waals surface area contributed by atoms with Gasteiger partial charge in [-0.3, -0.25) is 0 Å². The van der Waals surface area contributed by atoms with Gasteiger partial charge in [0.1, 0.15) is 11.0 Å². The van der Waals surface area contributed by atoms with E-state index in [9.17, 15) is 8.42 Å². The minimum atomic E-state index is -3.45. The third-order valence-electron chi connectivity index (χ3n) is 4.52. The van der Waals surface area contributed by atoms with Gasteiger partial charge >= 0.3 is 0 Å². The van der Waals surface area contributed by atoms with Crippen molar-refractivity contribution in [1.82, 2.24) is 19.3 Å². The highest BCUT2D eigenvalue weighted by atomic mass is 35.5. The fourth-order valence-corrected chi connectivity index (χ4v) is 4.75. The molecule has 0 unspecified atom stereocenters. The molecule has 9 heteroatoms. The Bertz CT molecular complexity index is 1020. The van der Waals surface area contributed by atoms with Crippen molar-refractivity contribution >= 4 is 38.3 Å². The Kier molecular flexibility index (Phi) is 4.34. The molecule has 1 aliphatic rings. The number of halogens is 1. The Morgan fingerprint density at radius 3 is 2.23 bits per heavy atom. The maximum absolute atomic E-state index is 12.7. The average molecular weight is 392 g/mol. The van der Waals surface area contributed by atoms with Gasteiger partial charge in [-0.2, -0.15) is 9.10 Å². The molecule has 2 heterocycles. The van der Waals surface area contributed by atoms with Crippen LogP contribution in [0.15, 0.2) is 41.3 Å². The van der Waals surface area contributed by atoms with E-state index in [4.69, 9.17) is 17.3 Å². The van der Waals surface area contributed by atoms with Crippen molar-refractivity contribution in [1.29, 1.82) is 0 Å². The highest BCUT2D eigenvalue weighted by Crippen LogP contribution is 2.25. The van der Waals surface area contributed by atoms with Gasteiger partial charge < -0.3 is 5.73 Å². The summed E-state index contributed by atoms with van der Waals surface area (Å²) in [5.74, 6) is 0. The van der Waals surface area contributed by atoms with Crippen LogP contribution in [-0.2, 0) is 10.0 Å². The maximum Gasteiger partial charge on any atom is 0.243 e. The van der Waals surface area contributed by atoms with Crippen LogP contribution in [0.3, 0.4) is 0 Å². The number of aromatic nitrogens is 3. The molecule has 26 heavy (non-hydrogen) atoms. The lowest BCUT2D eigenvalue weighted by atomic mass is 10.2. The van der Waals surface area contributed by atoms with E-state index in [2.05, 4.69) is 10.2 Å². The lowest BCUT2D eigenvalue weighted by Gasteiger charge is -2.25. The summed E-state index contributed by atoms with van der Waals surface area (Å²) in [6, 6.07) is 9.89. The van der Waals surface area contributed by atoms with Crippen molar-refractivity contribution in [3.63, 3.8) is 0 Å². The number of sulfonamides is 1. The highest BCUT2D eigenvalue weighted by Gasteiger charge is 2.25. The molecule has 0 saturated carbocycles. The standard InChI is InChI=1S/C17H18ClN5O2S/c18-14-10-16-17(11-15(14)19)21-23(20-16)12-4-6-13(7-5-12)26(24,25)22-8-2-1-3-9-22/h4-7,10-11H,1-3,8-9,19H2. The summed E-state index contributed by atoms with van der Waals surface area (Å²) in [7, 11) is -3.45. The third kappa shape index (κ3) is 3.04. The molecule has 2 aromatic carbocycles. The zero-order valence-electron chi connectivity index (χ0n) is 14.0. The number of hydrogen-bond acceptors (Lipinski definition) is 5. The van der Waals surface area contributed by atoms with Crippen LogP contribution in [0.1, 0.15) is 19.3 Å². The second-order valence-electron chi connectivity index (χ2n) is 6.31. The molecule has 0 atom stereocenters. The molecule has 7 nitrogen and oxygen atoms in total. The molecule has 1 aliphatic heterocycles. The minimum Gasteiger partial charge on any atom is -0.397 e. The maximum atomic E-state index is 12.7. The van der Waals surface area contributed by atoms with E-state index in [0.29, 0.717) is 40.5 Å². The summed E-state index contributed by atoms with van der Waals surface area (Å²) in [5.41, 5.74) is 8.13. The Morgan fingerprint density at radius 1 is 0.962 bits per heavy atom. The summed E-state index contributed by atoms with van der Waals surface area (Å²) in [4.78, 5) is 1.73. The van der Waals surface area contributed by atoms with Crippen LogP contribution >= 0.6 is 11.6 Å². The molecule has 0 spiro atoms. The zero-order valence-corrected chi connectivity index (χ0v) is 15.5. The summed E-state index contributed by atoms with van der Waals surface area (Å²) in [5, 5.41) is 9.17. The Labute approximate surface area is 156 Å². The van der Waals surface area contributed by atoms with Crippen LogP contribution in [0.5, 0.6) is 0 Å². The van der Waals surface area contributed by atoms with Crippen molar-refractivity contribution in [3.8, 4) is 5.69 Å².